The largest absolute Gasteiger partial charge is 0.316 e. The van der Waals surface area contributed by atoms with E-state index >= 15 is 0 Å². The van der Waals surface area contributed by atoms with Gasteiger partial charge in [0.1, 0.15) is 5.82 Å². The number of nitrogens with one attached hydrogen (secondary N) is 2. The SMILES string of the molecule is Cc1ccc(NC(=O)C2(C)CCNC2)nc1.Cl.Cl. The minimum atomic E-state index is -0.299. The summed E-state index contributed by atoms with van der Waals surface area (Å²) in [4.78, 5) is 16.2. The fraction of sp³-hybridized carbons (Fsp3) is 0.500. The fourth-order valence-corrected chi connectivity index (χ4v) is 1.82. The summed E-state index contributed by atoms with van der Waals surface area (Å²) in [6.45, 7) is 5.60. The van der Waals surface area contributed by atoms with Crippen molar-refractivity contribution >= 4 is 36.5 Å². The third-order valence-electron chi connectivity index (χ3n) is 3.07. The predicted molar refractivity (Wildman–Crippen MR) is 77.7 cm³/mol. The number of carbonyl (C=O) groups is 1. The van der Waals surface area contributed by atoms with Crippen LogP contribution in [-0.4, -0.2) is 24.0 Å². The van der Waals surface area contributed by atoms with E-state index in [9.17, 15) is 4.79 Å². The van der Waals surface area contributed by atoms with Crippen LogP contribution in [0.5, 0.6) is 0 Å². The molecule has 1 atom stereocenters. The minimum Gasteiger partial charge on any atom is -0.316 e. The molecule has 1 aromatic rings. The summed E-state index contributed by atoms with van der Waals surface area (Å²) < 4.78 is 0. The average Bonchev–Trinajstić information content (AvgIpc) is 2.70. The van der Waals surface area contributed by atoms with E-state index in [4.69, 9.17) is 0 Å². The first-order valence-electron chi connectivity index (χ1n) is 5.55. The summed E-state index contributed by atoms with van der Waals surface area (Å²) >= 11 is 0. The molecule has 6 heteroatoms. The Morgan fingerprint density at radius 2 is 2.17 bits per heavy atom. The molecule has 2 N–H and O–H groups in total. The van der Waals surface area contributed by atoms with Gasteiger partial charge in [-0.1, -0.05) is 6.07 Å². The molecule has 18 heavy (non-hydrogen) atoms. The first-order valence-corrected chi connectivity index (χ1v) is 5.55. The smallest absolute Gasteiger partial charge is 0.232 e. The number of amides is 1. The molecular weight excluding hydrogens is 273 g/mol. The molecule has 1 unspecified atom stereocenters. The molecular formula is C12H19Cl2N3O. The maximum atomic E-state index is 12.0. The zero-order valence-electron chi connectivity index (χ0n) is 10.5. The summed E-state index contributed by atoms with van der Waals surface area (Å²) in [5.74, 6) is 0.678. The Hall–Kier alpha value is -0.840. The first kappa shape index (κ1) is 17.2. The van der Waals surface area contributed by atoms with E-state index in [1.165, 1.54) is 0 Å². The van der Waals surface area contributed by atoms with Gasteiger partial charge < -0.3 is 10.6 Å². The number of carbonyl (C=O) groups excluding carboxylic acids is 1. The summed E-state index contributed by atoms with van der Waals surface area (Å²) in [6, 6.07) is 3.77. The Morgan fingerprint density at radius 3 is 2.67 bits per heavy atom. The van der Waals surface area contributed by atoms with Crippen LogP contribution in [0.4, 0.5) is 5.82 Å². The van der Waals surface area contributed by atoms with Gasteiger partial charge in [-0.3, -0.25) is 4.79 Å². The summed E-state index contributed by atoms with van der Waals surface area (Å²) in [5, 5.41) is 6.07. The summed E-state index contributed by atoms with van der Waals surface area (Å²) in [5.41, 5.74) is 0.791. The van der Waals surface area contributed by atoms with Gasteiger partial charge >= 0.3 is 0 Å². The predicted octanol–water partition coefficient (Wildman–Crippen LogP) is 2.17. The Kier molecular flexibility index (Phi) is 6.60. The molecule has 0 bridgehead atoms. The highest BCUT2D eigenvalue weighted by atomic mass is 35.5. The van der Waals surface area contributed by atoms with Gasteiger partial charge in [-0.05, 0) is 38.4 Å². The molecule has 1 fully saturated rings. The lowest BCUT2D eigenvalue weighted by Gasteiger charge is -2.20. The normalized spacial score (nSPS) is 21.7. The molecule has 0 aliphatic carbocycles. The van der Waals surface area contributed by atoms with E-state index in [1.54, 1.807) is 6.20 Å². The first-order chi connectivity index (χ1) is 7.60. The lowest BCUT2D eigenvalue weighted by atomic mass is 9.89. The van der Waals surface area contributed by atoms with Crippen LogP contribution in [-0.2, 0) is 4.79 Å². The van der Waals surface area contributed by atoms with E-state index in [2.05, 4.69) is 15.6 Å². The maximum Gasteiger partial charge on any atom is 0.232 e. The van der Waals surface area contributed by atoms with E-state index in [0.717, 1.165) is 25.1 Å². The van der Waals surface area contributed by atoms with E-state index < -0.39 is 0 Å². The number of halogens is 2. The van der Waals surface area contributed by atoms with E-state index in [-0.39, 0.29) is 36.1 Å². The minimum absolute atomic E-state index is 0. The number of aromatic nitrogens is 1. The number of nitrogens with zero attached hydrogens (tertiary/aromatic N) is 1. The molecule has 2 rings (SSSR count). The van der Waals surface area contributed by atoms with Crippen LogP contribution >= 0.6 is 24.8 Å². The van der Waals surface area contributed by atoms with Crippen molar-refractivity contribution in [2.75, 3.05) is 18.4 Å². The molecule has 1 aliphatic rings. The maximum absolute atomic E-state index is 12.0. The van der Waals surface area contributed by atoms with Gasteiger partial charge in [0.25, 0.3) is 0 Å². The molecule has 4 nitrogen and oxygen atoms in total. The molecule has 0 radical (unpaired) electrons. The van der Waals surface area contributed by atoms with Crippen molar-refractivity contribution in [2.24, 2.45) is 5.41 Å². The van der Waals surface area contributed by atoms with Gasteiger partial charge in [-0.2, -0.15) is 0 Å². The van der Waals surface area contributed by atoms with Crippen LogP contribution in [0, 0.1) is 12.3 Å². The highest BCUT2D eigenvalue weighted by molar-refractivity contribution is 5.94. The number of pyridine rings is 1. The third-order valence-corrected chi connectivity index (χ3v) is 3.07. The van der Waals surface area contributed by atoms with E-state index in [0.29, 0.717) is 5.82 Å². The van der Waals surface area contributed by atoms with Crippen LogP contribution < -0.4 is 10.6 Å². The molecule has 1 aliphatic heterocycles. The van der Waals surface area contributed by atoms with Gasteiger partial charge in [0.15, 0.2) is 0 Å². The Morgan fingerprint density at radius 1 is 1.44 bits per heavy atom. The van der Waals surface area contributed by atoms with Crippen LogP contribution in [0.15, 0.2) is 18.3 Å². The highest BCUT2D eigenvalue weighted by Gasteiger charge is 2.36. The number of hydrogen-bond donors (Lipinski definition) is 2. The lowest BCUT2D eigenvalue weighted by Crippen LogP contribution is -2.35. The van der Waals surface area contributed by atoms with Crippen molar-refractivity contribution in [3.63, 3.8) is 0 Å². The van der Waals surface area contributed by atoms with Gasteiger partial charge in [0.2, 0.25) is 5.91 Å². The molecule has 1 amide bonds. The van der Waals surface area contributed by atoms with Gasteiger partial charge in [-0.25, -0.2) is 4.98 Å². The Bertz CT molecular complexity index is 389. The standard InChI is InChI=1S/C12H17N3O.2ClH/c1-9-3-4-10(14-7-9)15-11(16)12(2)5-6-13-8-12;;/h3-4,7,13H,5-6,8H2,1-2H3,(H,14,15,16);2*1H. The zero-order valence-corrected chi connectivity index (χ0v) is 12.2. The number of rotatable bonds is 2. The van der Waals surface area contributed by atoms with E-state index in [1.807, 2.05) is 26.0 Å². The highest BCUT2D eigenvalue weighted by Crippen LogP contribution is 2.25. The summed E-state index contributed by atoms with van der Waals surface area (Å²) in [7, 11) is 0. The molecule has 0 aromatic carbocycles. The zero-order chi connectivity index (χ0) is 11.6. The molecule has 102 valence electrons. The molecule has 0 spiro atoms. The van der Waals surface area contributed by atoms with Crippen molar-refractivity contribution in [1.82, 2.24) is 10.3 Å². The number of anilines is 1. The van der Waals surface area contributed by atoms with Crippen molar-refractivity contribution in [1.29, 1.82) is 0 Å². The molecule has 2 heterocycles. The monoisotopic (exact) mass is 291 g/mol. The van der Waals surface area contributed by atoms with Crippen LogP contribution in [0.3, 0.4) is 0 Å². The second kappa shape index (κ2) is 6.92. The van der Waals surface area contributed by atoms with Crippen molar-refractivity contribution in [3.05, 3.63) is 23.9 Å². The average molecular weight is 292 g/mol. The van der Waals surface area contributed by atoms with Crippen molar-refractivity contribution in [3.8, 4) is 0 Å². The number of aryl methyl sites for hydroxylation is 1. The topological polar surface area (TPSA) is 54.0 Å². The van der Waals surface area contributed by atoms with Crippen LogP contribution in [0.1, 0.15) is 18.9 Å². The second-order valence-corrected chi connectivity index (χ2v) is 4.66. The van der Waals surface area contributed by atoms with Crippen LogP contribution in [0.2, 0.25) is 0 Å². The van der Waals surface area contributed by atoms with Gasteiger partial charge in [-0.15, -0.1) is 24.8 Å². The van der Waals surface area contributed by atoms with Gasteiger partial charge in [0.05, 0.1) is 5.41 Å². The van der Waals surface area contributed by atoms with Crippen molar-refractivity contribution < 1.29 is 4.79 Å². The second-order valence-electron chi connectivity index (χ2n) is 4.66. The van der Waals surface area contributed by atoms with Crippen LogP contribution in [0.25, 0.3) is 0 Å². The number of hydrogen-bond acceptors (Lipinski definition) is 3. The molecule has 0 saturated carbocycles. The Balaban J connectivity index is 0.00000144. The van der Waals surface area contributed by atoms with Gasteiger partial charge in [0, 0.05) is 12.7 Å². The summed E-state index contributed by atoms with van der Waals surface area (Å²) in [6.07, 6.45) is 2.63. The Labute approximate surface area is 120 Å². The third kappa shape index (κ3) is 3.83. The molecule has 1 saturated heterocycles. The quantitative estimate of drug-likeness (QED) is 0.878. The molecule has 1 aromatic heterocycles. The fourth-order valence-electron chi connectivity index (χ4n) is 1.82. The lowest BCUT2D eigenvalue weighted by molar-refractivity contribution is -0.123. The van der Waals surface area contributed by atoms with Crippen molar-refractivity contribution in [2.45, 2.75) is 20.3 Å².